The summed E-state index contributed by atoms with van der Waals surface area (Å²) < 4.78 is 35.3. The third-order valence-corrected chi connectivity index (χ3v) is 19.1. The van der Waals surface area contributed by atoms with E-state index in [1.165, 1.54) is 5.57 Å². The molecule has 0 aromatic carbocycles. The molecule has 372 valence electrons. The van der Waals surface area contributed by atoms with Gasteiger partial charge in [-0.1, -0.05) is 53.2 Å². The second kappa shape index (κ2) is 17.8. The molecular weight excluding hydrogens is 852 g/mol. The maximum atomic E-state index is 13.1. The lowest BCUT2D eigenvalue weighted by atomic mass is 9.33. The molecule has 8 aliphatic rings. The fraction of sp³-hybridized carbons (Fsp3) is 0.936. The summed E-state index contributed by atoms with van der Waals surface area (Å²) in [6.07, 6.45) is -13.5. The molecule has 0 aromatic heterocycles. The van der Waals surface area contributed by atoms with Gasteiger partial charge in [-0.25, -0.2) is 0 Å². The standard InChI is InChI=1S/C47H76O18/c1-42(2)13-15-47(41(58)59)16-14-45(5)22(23(47)17-42)7-8-28-43(3)11-10-29(44(4,21-50)27(43)9-12-46(28,45)6)63-38-34(56)36(24(51)20-60-38)64-40-35(57)37(31(53)26(19-49)62-40)65-39-33(55)32(54)30(52)25(18-48)61-39/h7,23-40,48-57H,8-21H2,1-6H3,(H,58,59). The monoisotopic (exact) mass is 929 g/mol. The average molecular weight is 929 g/mol. The first-order valence-electron chi connectivity index (χ1n) is 23.9. The molecule has 0 amide bonds. The van der Waals surface area contributed by atoms with Crippen LogP contribution in [0.25, 0.3) is 0 Å². The predicted molar refractivity (Wildman–Crippen MR) is 226 cm³/mol. The van der Waals surface area contributed by atoms with Crippen LogP contribution in [0.4, 0.5) is 0 Å². The van der Waals surface area contributed by atoms with Crippen molar-refractivity contribution in [3.05, 3.63) is 11.6 Å². The summed E-state index contributed by atoms with van der Waals surface area (Å²) in [5.74, 6) is -0.404. The quantitative estimate of drug-likeness (QED) is 0.104. The van der Waals surface area contributed by atoms with E-state index >= 15 is 0 Å². The smallest absolute Gasteiger partial charge is 0.310 e. The van der Waals surface area contributed by atoms with E-state index in [1.54, 1.807) is 0 Å². The van der Waals surface area contributed by atoms with Crippen LogP contribution in [0.2, 0.25) is 0 Å². The molecule has 18 heteroatoms. The minimum atomic E-state index is -1.90. The Bertz CT molecular complexity index is 1760. The molecule has 23 unspecified atom stereocenters. The van der Waals surface area contributed by atoms with Gasteiger partial charge in [-0.3, -0.25) is 4.79 Å². The average Bonchev–Trinajstić information content (AvgIpc) is 3.26. The van der Waals surface area contributed by atoms with E-state index in [4.69, 9.17) is 28.4 Å². The lowest BCUT2D eigenvalue weighted by Crippen LogP contribution is -2.67. The number of hydrogen-bond donors (Lipinski definition) is 11. The van der Waals surface area contributed by atoms with Gasteiger partial charge >= 0.3 is 5.97 Å². The van der Waals surface area contributed by atoms with E-state index in [9.17, 15) is 61.0 Å². The van der Waals surface area contributed by atoms with Crippen LogP contribution in [-0.4, -0.2) is 181 Å². The van der Waals surface area contributed by atoms with Gasteiger partial charge in [0.2, 0.25) is 0 Å². The van der Waals surface area contributed by atoms with Crippen molar-refractivity contribution in [1.29, 1.82) is 0 Å². The van der Waals surface area contributed by atoms with Gasteiger partial charge in [-0.15, -0.1) is 0 Å². The number of aliphatic hydroxyl groups excluding tert-OH is 10. The molecule has 23 atom stereocenters. The fourth-order valence-electron chi connectivity index (χ4n) is 14.9. The predicted octanol–water partition coefficient (Wildman–Crippen LogP) is 0.318. The summed E-state index contributed by atoms with van der Waals surface area (Å²) in [6.45, 7) is 11.6. The molecule has 65 heavy (non-hydrogen) atoms. The molecule has 0 aromatic rings. The van der Waals surface area contributed by atoms with Crippen LogP contribution in [0, 0.1) is 50.2 Å². The van der Waals surface area contributed by atoms with E-state index in [2.05, 4.69) is 40.7 Å². The fourth-order valence-corrected chi connectivity index (χ4v) is 14.9. The van der Waals surface area contributed by atoms with Gasteiger partial charge in [0.15, 0.2) is 18.9 Å². The number of carboxylic acids is 1. The molecule has 7 fully saturated rings. The Morgan fingerprint density at radius 2 is 1.29 bits per heavy atom. The molecule has 3 heterocycles. The lowest BCUT2D eigenvalue weighted by Gasteiger charge is -2.71. The molecule has 3 saturated heterocycles. The summed E-state index contributed by atoms with van der Waals surface area (Å²) in [7, 11) is 0. The highest BCUT2D eigenvalue weighted by Gasteiger charge is 2.70. The highest BCUT2D eigenvalue weighted by Crippen LogP contribution is 2.76. The van der Waals surface area contributed by atoms with Crippen molar-refractivity contribution in [2.45, 2.75) is 198 Å². The van der Waals surface area contributed by atoms with Crippen LogP contribution in [0.1, 0.15) is 106 Å². The Kier molecular flexibility index (Phi) is 13.7. The Morgan fingerprint density at radius 1 is 0.677 bits per heavy atom. The van der Waals surface area contributed by atoms with Crippen molar-refractivity contribution >= 4 is 5.97 Å². The Balaban J connectivity index is 0.983. The number of aliphatic carboxylic acids is 1. The normalized spacial score (nSPS) is 54.3. The van der Waals surface area contributed by atoms with Crippen molar-refractivity contribution in [1.82, 2.24) is 0 Å². The van der Waals surface area contributed by atoms with Crippen molar-refractivity contribution in [2.75, 3.05) is 26.4 Å². The highest BCUT2D eigenvalue weighted by atomic mass is 16.8. The molecule has 5 aliphatic carbocycles. The van der Waals surface area contributed by atoms with Crippen molar-refractivity contribution in [3.8, 4) is 0 Å². The summed E-state index contributed by atoms with van der Waals surface area (Å²) in [5.41, 5.74) is -0.628. The molecule has 18 nitrogen and oxygen atoms in total. The number of ether oxygens (including phenoxy) is 6. The summed E-state index contributed by atoms with van der Waals surface area (Å²) in [5, 5.41) is 118. The van der Waals surface area contributed by atoms with E-state index in [0.29, 0.717) is 19.3 Å². The first-order chi connectivity index (χ1) is 30.5. The topological polar surface area (TPSA) is 295 Å². The van der Waals surface area contributed by atoms with Crippen LogP contribution in [0.15, 0.2) is 11.6 Å². The van der Waals surface area contributed by atoms with E-state index in [1.807, 2.05) is 6.92 Å². The zero-order valence-corrected chi connectivity index (χ0v) is 38.6. The number of fused-ring (bicyclic) bond motifs is 7. The van der Waals surface area contributed by atoms with Gasteiger partial charge in [0, 0.05) is 5.41 Å². The largest absolute Gasteiger partial charge is 0.481 e. The summed E-state index contributed by atoms with van der Waals surface area (Å²) >= 11 is 0. The van der Waals surface area contributed by atoms with Crippen LogP contribution in [0.3, 0.4) is 0 Å². The van der Waals surface area contributed by atoms with Crippen LogP contribution < -0.4 is 0 Å². The maximum absolute atomic E-state index is 13.1. The first-order valence-corrected chi connectivity index (χ1v) is 23.9. The van der Waals surface area contributed by atoms with Crippen molar-refractivity contribution in [2.24, 2.45) is 50.2 Å². The molecule has 4 saturated carbocycles. The zero-order chi connectivity index (χ0) is 47.4. The summed E-state index contributed by atoms with van der Waals surface area (Å²) in [4.78, 5) is 13.1. The van der Waals surface area contributed by atoms with Crippen LogP contribution in [0.5, 0.6) is 0 Å². The van der Waals surface area contributed by atoms with Crippen LogP contribution >= 0.6 is 0 Å². The number of hydrogen-bond acceptors (Lipinski definition) is 17. The maximum Gasteiger partial charge on any atom is 0.310 e. The number of allylic oxidation sites excluding steroid dienone is 2. The molecule has 3 aliphatic heterocycles. The minimum absolute atomic E-state index is 0.00665. The zero-order valence-electron chi connectivity index (χ0n) is 38.6. The highest BCUT2D eigenvalue weighted by molar-refractivity contribution is 5.76. The number of rotatable bonds is 10. The molecule has 11 N–H and O–H groups in total. The number of carbonyl (C=O) groups is 1. The Hall–Kier alpha value is -1.43. The van der Waals surface area contributed by atoms with E-state index in [-0.39, 0.29) is 52.6 Å². The first kappa shape index (κ1) is 50.0. The van der Waals surface area contributed by atoms with E-state index in [0.717, 1.165) is 44.9 Å². The molecule has 0 radical (unpaired) electrons. The third kappa shape index (κ3) is 7.80. The van der Waals surface area contributed by atoms with Gasteiger partial charge in [0.05, 0.1) is 37.9 Å². The SMILES string of the molecule is CC1(C)CCC2(C(=O)O)CCC3(C)C(=CCC4C5(C)CCC(OC6OCC(O)C(OC7OC(CO)C(O)C(OC8OC(CO)C(O)C(O)C8O)C7O)C6O)C(C)(CO)C5CCC43C)C2C1. The number of aliphatic hydroxyl groups is 10. The van der Waals surface area contributed by atoms with Crippen LogP contribution in [-0.2, 0) is 33.2 Å². The van der Waals surface area contributed by atoms with Gasteiger partial charge in [-0.05, 0) is 104 Å². The number of carboxylic acid groups (broad SMARTS) is 1. The minimum Gasteiger partial charge on any atom is -0.481 e. The van der Waals surface area contributed by atoms with Gasteiger partial charge in [0.1, 0.15) is 67.1 Å². The summed E-state index contributed by atoms with van der Waals surface area (Å²) in [6, 6.07) is 0. The molecular formula is C47H76O18. The molecule has 0 spiro atoms. The Labute approximate surface area is 380 Å². The van der Waals surface area contributed by atoms with Crippen molar-refractivity contribution < 1.29 is 89.4 Å². The van der Waals surface area contributed by atoms with Gasteiger partial charge in [0.25, 0.3) is 0 Å². The third-order valence-electron chi connectivity index (χ3n) is 19.1. The second-order valence-corrected chi connectivity index (χ2v) is 22.9. The van der Waals surface area contributed by atoms with Gasteiger partial charge < -0.3 is 84.6 Å². The van der Waals surface area contributed by atoms with Crippen molar-refractivity contribution in [3.63, 3.8) is 0 Å². The van der Waals surface area contributed by atoms with E-state index < -0.39 is 122 Å². The lowest BCUT2D eigenvalue weighted by molar-refractivity contribution is -0.379. The van der Waals surface area contributed by atoms with Gasteiger partial charge in [-0.2, -0.15) is 0 Å². The Morgan fingerprint density at radius 3 is 1.94 bits per heavy atom. The molecule has 8 rings (SSSR count). The molecule has 0 bridgehead atoms. The second-order valence-electron chi connectivity index (χ2n) is 22.9.